The molecular weight excluding hydrogens is 138 g/mol. The summed E-state index contributed by atoms with van der Waals surface area (Å²) in [5, 5.41) is 0. The third kappa shape index (κ3) is 1.00. The van der Waals surface area contributed by atoms with E-state index < -0.39 is 0 Å². The standard InChI is InChI=1S/C9H15NO/c10-8-3-6-9(8)4-1-7(11)2-5-9/h8H,1-6,10H2. The lowest BCUT2D eigenvalue weighted by atomic mass is 9.57. The predicted molar refractivity (Wildman–Crippen MR) is 43.1 cm³/mol. The number of carbonyl (C=O) groups is 1. The van der Waals surface area contributed by atoms with E-state index in [2.05, 4.69) is 0 Å². The van der Waals surface area contributed by atoms with Crippen molar-refractivity contribution in [2.24, 2.45) is 11.1 Å². The van der Waals surface area contributed by atoms with Crippen LogP contribution in [0.1, 0.15) is 38.5 Å². The summed E-state index contributed by atoms with van der Waals surface area (Å²) < 4.78 is 0. The molecule has 0 aromatic rings. The number of carbonyl (C=O) groups excluding carboxylic acids is 1. The third-order valence-corrected chi connectivity index (χ3v) is 3.54. The van der Waals surface area contributed by atoms with Crippen molar-refractivity contribution in [3.63, 3.8) is 0 Å². The van der Waals surface area contributed by atoms with Crippen LogP contribution in [0.3, 0.4) is 0 Å². The SMILES string of the molecule is NC1CCC12CCC(=O)CC2. The van der Waals surface area contributed by atoms with E-state index in [9.17, 15) is 4.79 Å². The Labute approximate surface area is 67.1 Å². The molecule has 0 amide bonds. The fraction of sp³-hybridized carbons (Fsp3) is 0.889. The van der Waals surface area contributed by atoms with Gasteiger partial charge < -0.3 is 5.73 Å². The Hall–Kier alpha value is -0.370. The summed E-state index contributed by atoms with van der Waals surface area (Å²) in [6.45, 7) is 0. The van der Waals surface area contributed by atoms with Crippen molar-refractivity contribution >= 4 is 5.78 Å². The van der Waals surface area contributed by atoms with Gasteiger partial charge in [-0.25, -0.2) is 0 Å². The molecule has 0 aromatic heterocycles. The summed E-state index contributed by atoms with van der Waals surface area (Å²) in [4.78, 5) is 11.0. The van der Waals surface area contributed by atoms with Crippen LogP contribution >= 0.6 is 0 Å². The van der Waals surface area contributed by atoms with Crippen molar-refractivity contribution in [3.8, 4) is 0 Å². The second-order valence-corrected chi connectivity index (χ2v) is 4.05. The topological polar surface area (TPSA) is 43.1 Å². The number of ketones is 1. The van der Waals surface area contributed by atoms with Gasteiger partial charge in [-0.3, -0.25) is 4.79 Å². The quantitative estimate of drug-likeness (QED) is 0.569. The van der Waals surface area contributed by atoms with Gasteiger partial charge in [-0.1, -0.05) is 0 Å². The lowest BCUT2D eigenvalue weighted by Gasteiger charge is -2.50. The number of nitrogens with two attached hydrogens (primary N) is 1. The predicted octanol–water partition coefficient (Wildman–Crippen LogP) is 1.24. The van der Waals surface area contributed by atoms with Crippen LogP contribution in [0.4, 0.5) is 0 Å². The molecular formula is C9H15NO. The van der Waals surface area contributed by atoms with Crippen molar-refractivity contribution in [1.29, 1.82) is 0 Å². The van der Waals surface area contributed by atoms with Crippen molar-refractivity contribution < 1.29 is 4.79 Å². The molecule has 0 aromatic carbocycles. The summed E-state index contributed by atoms with van der Waals surface area (Å²) in [5.74, 6) is 0.440. The first-order valence-corrected chi connectivity index (χ1v) is 4.50. The number of hydrogen-bond acceptors (Lipinski definition) is 2. The largest absolute Gasteiger partial charge is 0.327 e. The van der Waals surface area contributed by atoms with Gasteiger partial charge in [-0.05, 0) is 31.1 Å². The van der Waals surface area contributed by atoms with Crippen LogP contribution in [0.5, 0.6) is 0 Å². The fourth-order valence-electron chi connectivity index (χ4n) is 2.37. The molecule has 2 nitrogen and oxygen atoms in total. The maximum atomic E-state index is 11.0. The first-order chi connectivity index (χ1) is 5.23. The second-order valence-electron chi connectivity index (χ2n) is 4.05. The van der Waals surface area contributed by atoms with E-state index in [0.29, 0.717) is 17.2 Å². The molecule has 11 heavy (non-hydrogen) atoms. The molecule has 2 saturated carbocycles. The first kappa shape index (κ1) is 7.29. The van der Waals surface area contributed by atoms with Gasteiger partial charge in [0, 0.05) is 18.9 Å². The Morgan fingerprint density at radius 1 is 1.27 bits per heavy atom. The summed E-state index contributed by atoms with van der Waals surface area (Å²) in [6, 6.07) is 0.399. The Morgan fingerprint density at radius 2 is 1.91 bits per heavy atom. The zero-order chi connectivity index (χ0) is 7.90. The van der Waals surface area contributed by atoms with Crippen LogP contribution in [0, 0.1) is 5.41 Å². The molecule has 1 unspecified atom stereocenters. The van der Waals surface area contributed by atoms with Crippen LogP contribution in [0.2, 0.25) is 0 Å². The van der Waals surface area contributed by atoms with Crippen molar-refractivity contribution in [2.45, 2.75) is 44.6 Å². The highest BCUT2D eigenvalue weighted by atomic mass is 16.1. The van der Waals surface area contributed by atoms with Gasteiger partial charge in [0.2, 0.25) is 0 Å². The summed E-state index contributed by atoms with van der Waals surface area (Å²) in [6.07, 6.45) is 6.14. The normalized spacial score (nSPS) is 35.4. The van der Waals surface area contributed by atoms with Crippen molar-refractivity contribution in [2.75, 3.05) is 0 Å². The maximum Gasteiger partial charge on any atom is 0.132 e. The van der Waals surface area contributed by atoms with Crippen molar-refractivity contribution in [1.82, 2.24) is 0 Å². The van der Waals surface area contributed by atoms with Gasteiger partial charge in [0.15, 0.2) is 0 Å². The van der Waals surface area contributed by atoms with E-state index in [1.165, 1.54) is 12.8 Å². The number of hydrogen-bond donors (Lipinski definition) is 1. The average molecular weight is 153 g/mol. The van der Waals surface area contributed by atoms with E-state index in [4.69, 9.17) is 5.73 Å². The minimum absolute atomic E-state index is 0.397. The summed E-state index contributed by atoms with van der Waals surface area (Å²) >= 11 is 0. The molecule has 2 heteroatoms. The summed E-state index contributed by atoms with van der Waals surface area (Å²) in [5.41, 5.74) is 6.32. The van der Waals surface area contributed by atoms with Crippen LogP contribution in [0.15, 0.2) is 0 Å². The van der Waals surface area contributed by atoms with E-state index >= 15 is 0 Å². The van der Waals surface area contributed by atoms with E-state index in [0.717, 1.165) is 25.7 Å². The second kappa shape index (κ2) is 2.31. The maximum absolute atomic E-state index is 11.0. The highest BCUT2D eigenvalue weighted by Gasteiger charge is 2.45. The van der Waals surface area contributed by atoms with Gasteiger partial charge in [-0.2, -0.15) is 0 Å². The molecule has 2 aliphatic carbocycles. The van der Waals surface area contributed by atoms with Crippen LogP contribution in [0.25, 0.3) is 0 Å². The summed E-state index contributed by atoms with van der Waals surface area (Å²) in [7, 11) is 0. The smallest absolute Gasteiger partial charge is 0.132 e. The van der Waals surface area contributed by atoms with Crippen LogP contribution in [-0.4, -0.2) is 11.8 Å². The monoisotopic (exact) mass is 153 g/mol. The molecule has 0 heterocycles. The Bertz CT molecular complexity index is 178. The first-order valence-electron chi connectivity index (χ1n) is 4.50. The molecule has 2 N–H and O–H groups in total. The zero-order valence-electron chi connectivity index (χ0n) is 6.81. The van der Waals surface area contributed by atoms with Crippen LogP contribution in [-0.2, 0) is 4.79 Å². The molecule has 0 bridgehead atoms. The highest BCUT2D eigenvalue weighted by molar-refractivity contribution is 5.79. The Kier molecular flexibility index (Phi) is 1.53. The molecule has 62 valence electrons. The van der Waals surface area contributed by atoms with E-state index in [1.54, 1.807) is 0 Å². The van der Waals surface area contributed by atoms with Gasteiger partial charge in [0.25, 0.3) is 0 Å². The zero-order valence-corrected chi connectivity index (χ0v) is 6.81. The van der Waals surface area contributed by atoms with E-state index in [1.807, 2.05) is 0 Å². The lowest BCUT2D eigenvalue weighted by Crippen LogP contribution is -2.52. The molecule has 1 spiro atoms. The van der Waals surface area contributed by atoms with E-state index in [-0.39, 0.29) is 0 Å². The van der Waals surface area contributed by atoms with Gasteiger partial charge in [0.1, 0.15) is 5.78 Å². The van der Waals surface area contributed by atoms with Gasteiger partial charge in [0.05, 0.1) is 0 Å². The molecule has 1 atom stereocenters. The highest BCUT2D eigenvalue weighted by Crippen LogP contribution is 2.49. The average Bonchev–Trinajstić information content (AvgIpc) is 2.03. The third-order valence-electron chi connectivity index (χ3n) is 3.54. The molecule has 2 fully saturated rings. The van der Waals surface area contributed by atoms with Gasteiger partial charge in [-0.15, -0.1) is 0 Å². The Balaban J connectivity index is 2.01. The molecule has 2 aliphatic rings. The minimum atomic E-state index is 0.397. The molecule has 0 radical (unpaired) electrons. The fourth-order valence-corrected chi connectivity index (χ4v) is 2.37. The number of Topliss-reactive ketones (excluding diaryl/α,β-unsaturated/α-hetero) is 1. The molecule has 0 saturated heterocycles. The molecule has 2 rings (SSSR count). The molecule has 0 aliphatic heterocycles. The Morgan fingerprint density at radius 3 is 2.27 bits per heavy atom. The number of rotatable bonds is 0. The minimum Gasteiger partial charge on any atom is -0.327 e. The lowest BCUT2D eigenvalue weighted by molar-refractivity contribution is -0.124. The van der Waals surface area contributed by atoms with Gasteiger partial charge >= 0.3 is 0 Å². The van der Waals surface area contributed by atoms with Crippen molar-refractivity contribution in [3.05, 3.63) is 0 Å². The van der Waals surface area contributed by atoms with Crippen LogP contribution < -0.4 is 5.73 Å².